The summed E-state index contributed by atoms with van der Waals surface area (Å²) < 4.78 is 5.70. The van der Waals surface area contributed by atoms with Gasteiger partial charge in [-0.2, -0.15) is 0 Å². The van der Waals surface area contributed by atoms with E-state index in [-0.39, 0.29) is 11.9 Å². The number of carboxylic acids is 1. The van der Waals surface area contributed by atoms with Gasteiger partial charge in [0.25, 0.3) is 0 Å². The van der Waals surface area contributed by atoms with E-state index in [4.69, 9.17) is 14.9 Å². The molecule has 36 heavy (non-hydrogen) atoms. The molecule has 0 bridgehead atoms. The van der Waals surface area contributed by atoms with Crippen molar-refractivity contribution >= 4 is 17.6 Å². The Kier molecular flexibility index (Phi) is 9.87. The van der Waals surface area contributed by atoms with Gasteiger partial charge in [-0.3, -0.25) is 4.79 Å². The minimum atomic E-state index is -1.23. The van der Waals surface area contributed by atoms with Crippen molar-refractivity contribution in [3.63, 3.8) is 0 Å². The molecule has 4 unspecified atom stereocenters. The number of rotatable bonds is 7. The largest absolute Gasteiger partial charge is 0.496 e. The molecule has 2 aromatic carbocycles. The number of benzene rings is 2. The molecule has 0 radical (unpaired) electrons. The van der Waals surface area contributed by atoms with Crippen LogP contribution in [0.15, 0.2) is 42.5 Å². The monoisotopic (exact) mass is 497 g/mol. The lowest BCUT2D eigenvalue weighted by Crippen LogP contribution is -2.49. The number of carboxylic acid groups (broad SMARTS) is 1. The average molecular weight is 498 g/mol. The third kappa shape index (κ3) is 6.84. The Balaban J connectivity index is 0.000000538. The number of aliphatic carboxylic acids is 1. The van der Waals surface area contributed by atoms with Gasteiger partial charge in [0.1, 0.15) is 11.9 Å². The molecule has 1 fully saturated rings. The maximum atomic E-state index is 12.2. The number of nitrogens with one attached hydrogen (secondary N) is 2. The van der Waals surface area contributed by atoms with E-state index in [1.165, 1.54) is 24.5 Å². The smallest absolute Gasteiger partial charge is 0.332 e. The van der Waals surface area contributed by atoms with Crippen LogP contribution < -0.4 is 20.3 Å². The number of amides is 1. The van der Waals surface area contributed by atoms with Crippen LogP contribution in [0, 0.1) is 0 Å². The second kappa shape index (κ2) is 12.9. The predicted molar refractivity (Wildman–Crippen MR) is 140 cm³/mol. The third-order valence-electron chi connectivity index (χ3n) is 7.03. The van der Waals surface area contributed by atoms with Gasteiger partial charge in [-0.25, -0.2) is 4.79 Å². The Hall–Kier alpha value is -2.94. The van der Waals surface area contributed by atoms with Crippen LogP contribution in [0.5, 0.6) is 5.75 Å². The number of aryl methyl sites for hydroxylation is 1. The number of carbonyl (C=O) groups excluding carboxylic acids is 1. The number of hydrogen-bond acceptors (Lipinski definition) is 6. The first-order chi connectivity index (χ1) is 17.2. The van der Waals surface area contributed by atoms with Crippen molar-refractivity contribution in [3.8, 4) is 5.75 Å². The van der Waals surface area contributed by atoms with Crippen LogP contribution in [-0.4, -0.2) is 54.4 Å². The molecule has 8 heteroatoms. The SMILES string of the molecule is CC(O)C(=O)O.CCC1CCC(NCc2cc3c(cc2OC)CCC(=O)N3C)C(c2ccccc2)N1. The molecule has 2 aliphatic heterocycles. The molecule has 0 spiro atoms. The lowest BCUT2D eigenvalue weighted by molar-refractivity contribution is -0.145. The van der Waals surface area contributed by atoms with Crippen molar-refractivity contribution in [2.45, 2.75) is 76.7 Å². The second-order valence-corrected chi connectivity index (χ2v) is 9.48. The molecule has 2 heterocycles. The Morgan fingerprint density at radius 3 is 2.53 bits per heavy atom. The molecule has 196 valence electrons. The van der Waals surface area contributed by atoms with Gasteiger partial charge in [0.05, 0.1) is 7.11 Å². The first kappa shape index (κ1) is 27.6. The van der Waals surface area contributed by atoms with Crippen molar-refractivity contribution in [3.05, 3.63) is 59.2 Å². The maximum absolute atomic E-state index is 12.2. The molecule has 8 nitrogen and oxygen atoms in total. The number of ether oxygens (including phenoxy) is 1. The quantitative estimate of drug-likeness (QED) is 0.464. The van der Waals surface area contributed by atoms with Crippen LogP contribution in [0.1, 0.15) is 62.3 Å². The van der Waals surface area contributed by atoms with Crippen molar-refractivity contribution in [1.29, 1.82) is 0 Å². The first-order valence-electron chi connectivity index (χ1n) is 12.7. The fourth-order valence-corrected chi connectivity index (χ4v) is 4.81. The second-order valence-electron chi connectivity index (χ2n) is 9.48. The summed E-state index contributed by atoms with van der Waals surface area (Å²) in [6, 6.07) is 16.2. The number of carbonyl (C=O) groups is 2. The van der Waals surface area contributed by atoms with E-state index in [2.05, 4.69) is 60.0 Å². The van der Waals surface area contributed by atoms with E-state index in [1.54, 1.807) is 12.0 Å². The number of aliphatic hydroxyl groups is 1. The van der Waals surface area contributed by atoms with Gasteiger partial charge in [0.15, 0.2) is 0 Å². The van der Waals surface area contributed by atoms with Gasteiger partial charge < -0.3 is 30.5 Å². The number of nitrogens with zero attached hydrogens (tertiary/aromatic N) is 1. The lowest BCUT2D eigenvalue weighted by Gasteiger charge is -2.38. The summed E-state index contributed by atoms with van der Waals surface area (Å²) in [5.41, 5.74) is 4.62. The average Bonchev–Trinajstić information content (AvgIpc) is 2.90. The van der Waals surface area contributed by atoms with Crippen LogP contribution in [-0.2, 0) is 22.6 Å². The molecule has 4 N–H and O–H groups in total. The Labute approximate surface area is 213 Å². The highest BCUT2D eigenvalue weighted by Gasteiger charge is 2.30. The van der Waals surface area contributed by atoms with Gasteiger partial charge in [0, 0.05) is 49.4 Å². The van der Waals surface area contributed by atoms with E-state index in [9.17, 15) is 9.59 Å². The summed E-state index contributed by atoms with van der Waals surface area (Å²) in [6.45, 7) is 4.16. The molecular weight excluding hydrogens is 458 g/mol. The first-order valence-corrected chi connectivity index (χ1v) is 12.7. The zero-order valence-electron chi connectivity index (χ0n) is 21.7. The minimum absolute atomic E-state index is 0.179. The molecule has 4 atom stereocenters. The molecule has 0 aromatic heterocycles. The van der Waals surface area contributed by atoms with Crippen LogP contribution in [0.3, 0.4) is 0 Å². The summed E-state index contributed by atoms with van der Waals surface area (Å²) in [7, 11) is 3.59. The number of fused-ring (bicyclic) bond motifs is 1. The van der Waals surface area contributed by atoms with Crippen molar-refractivity contribution in [2.75, 3.05) is 19.1 Å². The van der Waals surface area contributed by atoms with E-state index >= 15 is 0 Å². The molecule has 1 saturated heterocycles. The van der Waals surface area contributed by atoms with E-state index in [0.29, 0.717) is 25.0 Å². The van der Waals surface area contributed by atoms with Crippen LogP contribution in [0.4, 0.5) is 5.69 Å². The van der Waals surface area contributed by atoms with Gasteiger partial charge in [0.2, 0.25) is 5.91 Å². The molecular formula is C28H39N3O5. The number of piperidine rings is 1. The summed E-state index contributed by atoms with van der Waals surface area (Å²) in [5, 5.41) is 23.4. The maximum Gasteiger partial charge on any atom is 0.332 e. The van der Waals surface area contributed by atoms with Crippen LogP contribution in [0.2, 0.25) is 0 Å². The van der Waals surface area contributed by atoms with Crippen LogP contribution in [0.25, 0.3) is 0 Å². The summed E-state index contributed by atoms with van der Waals surface area (Å²) in [5.74, 6) is -0.108. The van der Waals surface area contributed by atoms with Gasteiger partial charge in [-0.1, -0.05) is 37.3 Å². The van der Waals surface area contributed by atoms with E-state index in [0.717, 1.165) is 36.3 Å². The third-order valence-corrected chi connectivity index (χ3v) is 7.03. The molecule has 2 aliphatic rings. The normalized spacial score (nSPS) is 22.2. The van der Waals surface area contributed by atoms with Gasteiger partial charge in [-0.15, -0.1) is 0 Å². The van der Waals surface area contributed by atoms with Crippen molar-refractivity contribution in [2.24, 2.45) is 0 Å². The highest BCUT2D eigenvalue weighted by Crippen LogP contribution is 2.34. The Morgan fingerprint density at radius 2 is 1.92 bits per heavy atom. The van der Waals surface area contributed by atoms with Crippen molar-refractivity contribution in [1.82, 2.24) is 10.6 Å². The number of hydrogen-bond donors (Lipinski definition) is 4. The Bertz CT molecular complexity index is 1030. The standard InChI is InChI=1S/C25H33N3O2.C3H6O3/c1-4-20-11-12-21(25(27-20)17-8-6-5-7-9-17)26-16-19-14-22-18(15-23(19)30-3)10-13-24(29)28(22)2;1-2(4)3(5)6/h5-9,14-15,20-21,25-27H,4,10-13,16H2,1-3H3;2,4H,1H3,(H,5,6). The number of aliphatic hydroxyl groups excluding tert-OH is 1. The lowest BCUT2D eigenvalue weighted by atomic mass is 9.88. The fourth-order valence-electron chi connectivity index (χ4n) is 4.81. The zero-order chi connectivity index (χ0) is 26.2. The van der Waals surface area contributed by atoms with E-state index in [1.807, 2.05) is 7.05 Å². The summed E-state index contributed by atoms with van der Waals surface area (Å²) >= 11 is 0. The van der Waals surface area contributed by atoms with Gasteiger partial charge >= 0.3 is 5.97 Å². The number of methoxy groups -OCH3 is 1. The number of anilines is 1. The molecule has 4 rings (SSSR count). The molecule has 2 aromatic rings. The highest BCUT2D eigenvalue weighted by atomic mass is 16.5. The Morgan fingerprint density at radius 1 is 1.22 bits per heavy atom. The molecule has 1 amide bonds. The summed E-state index contributed by atoms with van der Waals surface area (Å²) in [4.78, 5) is 23.4. The molecule has 0 aliphatic carbocycles. The van der Waals surface area contributed by atoms with Crippen LogP contribution >= 0.6 is 0 Å². The fraction of sp³-hybridized carbons (Fsp3) is 0.500. The summed E-state index contributed by atoms with van der Waals surface area (Å²) in [6.07, 6.45) is 3.57. The predicted octanol–water partition coefficient (Wildman–Crippen LogP) is 3.42. The zero-order valence-corrected chi connectivity index (χ0v) is 21.7. The topological polar surface area (TPSA) is 111 Å². The molecule has 0 saturated carbocycles. The van der Waals surface area contributed by atoms with Crippen molar-refractivity contribution < 1.29 is 24.5 Å². The van der Waals surface area contributed by atoms with Gasteiger partial charge in [-0.05, 0) is 55.9 Å². The highest BCUT2D eigenvalue weighted by molar-refractivity contribution is 5.96. The van der Waals surface area contributed by atoms with E-state index < -0.39 is 12.1 Å². The minimum Gasteiger partial charge on any atom is -0.496 e.